The Bertz CT molecular complexity index is 475. The van der Waals surface area contributed by atoms with Crippen LogP contribution in [0.25, 0.3) is 5.95 Å². The first-order chi connectivity index (χ1) is 7.72. The Hall–Kier alpha value is -2.38. The molecule has 0 aromatic carbocycles. The number of hydrogen-bond donors (Lipinski definition) is 1. The molecule has 8 heteroatoms. The van der Waals surface area contributed by atoms with Gasteiger partial charge in [-0.15, -0.1) is 4.98 Å². The van der Waals surface area contributed by atoms with Crippen molar-refractivity contribution in [1.82, 2.24) is 24.7 Å². The second-order valence-electron chi connectivity index (χ2n) is 2.83. The van der Waals surface area contributed by atoms with Gasteiger partial charge in [0.15, 0.2) is 0 Å². The molecule has 0 bridgehead atoms. The monoisotopic (exact) mass is 222 g/mol. The highest BCUT2D eigenvalue weighted by molar-refractivity contribution is 5.33. The van der Waals surface area contributed by atoms with Crippen LogP contribution in [-0.2, 0) is 0 Å². The van der Waals surface area contributed by atoms with Gasteiger partial charge in [0.2, 0.25) is 0 Å². The number of ether oxygens (including phenoxy) is 2. The number of aromatic nitrogens is 5. The average molecular weight is 222 g/mol. The standard InChI is InChI=1S/C8H10N6O2/c1-15-7-11-6(12-8(13-7)16-2)14-4-5(9)3-10-14/h3-4H,9H2,1-2H3. The van der Waals surface area contributed by atoms with Crippen LogP contribution in [0, 0.1) is 0 Å². The highest BCUT2D eigenvalue weighted by Gasteiger charge is 2.09. The van der Waals surface area contributed by atoms with Crippen molar-refractivity contribution in [2.75, 3.05) is 20.0 Å². The van der Waals surface area contributed by atoms with Crippen LogP contribution in [0.4, 0.5) is 5.69 Å². The van der Waals surface area contributed by atoms with Gasteiger partial charge in [-0.2, -0.15) is 15.1 Å². The summed E-state index contributed by atoms with van der Waals surface area (Å²) in [5.74, 6) is 0.278. The third-order valence-corrected chi connectivity index (χ3v) is 1.76. The molecule has 0 radical (unpaired) electrons. The highest BCUT2D eigenvalue weighted by Crippen LogP contribution is 2.12. The van der Waals surface area contributed by atoms with Crippen LogP contribution >= 0.6 is 0 Å². The lowest BCUT2D eigenvalue weighted by Crippen LogP contribution is -2.06. The predicted molar refractivity (Wildman–Crippen MR) is 54.5 cm³/mol. The zero-order chi connectivity index (χ0) is 11.5. The maximum absolute atomic E-state index is 5.54. The Kier molecular flexibility index (Phi) is 2.54. The zero-order valence-electron chi connectivity index (χ0n) is 8.78. The fourth-order valence-corrected chi connectivity index (χ4v) is 1.06. The van der Waals surface area contributed by atoms with Crippen LogP contribution in [-0.4, -0.2) is 39.0 Å². The first-order valence-electron chi connectivity index (χ1n) is 4.37. The van der Waals surface area contributed by atoms with E-state index < -0.39 is 0 Å². The van der Waals surface area contributed by atoms with Crippen molar-refractivity contribution in [3.05, 3.63) is 12.4 Å². The first kappa shape index (κ1) is 10.1. The van der Waals surface area contributed by atoms with E-state index in [4.69, 9.17) is 15.2 Å². The van der Waals surface area contributed by atoms with Crippen molar-refractivity contribution in [2.45, 2.75) is 0 Å². The Morgan fingerprint density at radius 2 is 1.75 bits per heavy atom. The molecule has 0 saturated heterocycles. The smallest absolute Gasteiger partial charge is 0.324 e. The maximum Gasteiger partial charge on any atom is 0.324 e. The van der Waals surface area contributed by atoms with Crippen molar-refractivity contribution in [1.29, 1.82) is 0 Å². The molecule has 2 heterocycles. The molecule has 2 rings (SSSR count). The van der Waals surface area contributed by atoms with Gasteiger partial charge >= 0.3 is 12.0 Å². The van der Waals surface area contributed by atoms with Gasteiger partial charge < -0.3 is 15.2 Å². The molecular formula is C8H10N6O2. The summed E-state index contributed by atoms with van der Waals surface area (Å²) < 4.78 is 11.2. The molecule has 16 heavy (non-hydrogen) atoms. The summed E-state index contributed by atoms with van der Waals surface area (Å²) in [7, 11) is 2.91. The van der Waals surface area contributed by atoms with Crippen molar-refractivity contribution < 1.29 is 9.47 Å². The van der Waals surface area contributed by atoms with Gasteiger partial charge in [-0.3, -0.25) is 0 Å². The largest absolute Gasteiger partial charge is 0.467 e. The molecular weight excluding hydrogens is 212 g/mol. The quantitative estimate of drug-likeness (QED) is 0.757. The van der Waals surface area contributed by atoms with E-state index in [9.17, 15) is 0 Å². The van der Waals surface area contributed by atoms with E-state index >= 15 is 0 Å². The minimum atomic E-state index is 0.149. The molecule has 0 aliphatic heterocycles. The van der Waals surface area contributed by atoms with Crippen molar-refractivity contribution in [2.24, 2.45) is 0 Å². The third-order valence-electron chi connectivity index (χ3n) is 1.76. The molecule has 0 spiro atoms. The molecule has 2 N–H and O–H groups in total. The fourth-order valence-electron chi connectivity index (χ4n) is 1.06. The van der Waals surface area contributed by atoms with E-state index in [0.29, 0.717) is 5.69 Å². The van der Waals surface area contributed by atoms with Crippen LogP contribution in [0.2, 0.25) is 0 Å². The third kappa shape index (κ3) is 1.85. The van der Waals surface area contributed by atoms with E-state index in [1.807, 2.05) is 0 Å². The van der Waals surface area contributed by atoms with Gasteiger partial charge in [-0.1, -0.05) is 0 Å². The lowest BCUT2D eigenvalue weighted by atomic mass is 10.6. The van der Waals surface area contributed by atoms with Crippen LogP contribution in [0.5, 0.6) is 12.0 Å². The minimum Gasteiger partial charge on any atom is -0.467 e. The second-order valence-corrected chi connectivity index (χ2v) is 2.83. The molecule has 84 valence electrons. The SMILES string of the molecule is COc1nc(OC)nc(-n2cc(N)cn2)n1. The number of nitrogens with two attached hydrogens (primary N) is 1. The van der Waals surface area contributed by atoms with Gasteiger partial charge in [-0.05, 0) is 0 Å². The summed E-state index contributed by atoms with van der Waals surface area (Å²) in [5.41, 5.74) is 6.05. The molecule has 2 aromatic rings. The van der Waals surface area contributed by atoms with E-state index in [1.54, 1.807) is 6.20 Å². The first-order valence-corrected chi connectivity index (χ1v) is 4.37. The molecule has 0 saturated carbocycles. The normalized spacial score (nSPS) is 10.1. The molecule has 0 aliphatic rings. The van der Waals surface area contributed by atoms with Gasteiger partial charge in [0.25, 0.3) is 5.95 Å². The Morgan fingerprint density at radius 1 is 1.12 bits per heavy atom. The molecule has 8 nitrogen and oxygen atoms in total. The summed E-state index contributed by atoms with van der Waals surface area (Å²) in [4.78, 5) is 11.9. The molecule has 0 atom stereocenters. The lowest BCUT2D eigenvalue weighted by molar-refractivity contribution is 0.338. The van der Waals surface area contributed by atoms with Crippen molar-refractivity contribution >= 4 is 5.69 Å². The van der Waals surface area contributed by atoms with Crippen molar-refractivity contribution in [3.8, 4) is 18.0 Å². The summed E-state index contributed by atoms with van der Waals surface area (Å²) in [6, 6.07) is 0.298. The Labute approximate surface area is 91.1 Å². The maximum atomic E-state index is 5.54. The molecule has 0 amide bonds. The van der Waals surface area contributed by atoms with Gasteiger partial charge in [0.05, 0.1) is 32.3 Å². The summed E-state index contributed by atoms with van der Waals surface area (Å²) in [5, 5.41) is 3.96. The molecule has 2 aromatic heterocycles. The second kappa shape index (κ2) is 4.01. The van der Waals surface area contributed by atoms with E-state index in [2.05, 4.69) is 20.1 Å². The average Bonchev–Trinajstić information content (AvgIpc) is 2.75. The summed E-state index contributed by atoms with van der Waals surface area (Å²) >= 11 is 0. The summed E-state index contributed by atoms with van der Waals surface area (Å²) in [6.07, 6.45) is 3.07. The minimum absolute atomic E-state index is 0.149. The van der Waals surface area contributed by atoms with Crippen LogP contribution in [0.1, 0.15) is 0 Å². The lowest BCUT2D eigenvalue weighted by Gasteiger charge is -2.04. The van der Waals surface area contributed by atoms with Gasteiger partial charge in [-0.25, -0.2) is 4.68 Å². The van der Waals surface area contributed by atoms with Crippen LogP contribution in [0.15, 0.2) is 12.4 Å². The van der Waals surface area contributed by atoms with E-state index in [1.165, 1.54) is 25.1 Å². The number of rotatable bonds is 3. The van der Waals surface area contributed by atoms with Crippen LogP contribution in [0.3, 0.4) is 0 Å². The van der Waals surface area contributed by atoms with Gasteiger partial charge in [0.1, 0.15) is 0 Å². The van der Waals surface area contributed by atoms with Crippen molar-refractivity contribution in [3.63, 3.8) is 0 Å². The predicted octanol–water partition coefficient (Wildman–Crippen LogP) is -0.343. The topological polar surface area (TPSA) is 101 Å². The number of nitrogen functional groups attached to an aromatic ring is 1. The number of hydrogen-bond acceptors (Lipinski definition) is 7. The molecule has 0 fully saturated rings. The highest BCUT2D eigenvalue weighted by atomic mass is 16.5. The fraction of sp³-hybridized carbons (Fsp3) is 0.250. The van der Waals surface area contributed by atoms with E-state index in [-0.39, 0.29) is 18.0 Å². The molecule has 0 unspecified atom stereocenters. The molecule has 0 aliphatic carbocycles. The number of anilines is 1. The summed E-state index contributed by atoms with van der Waals surface area (Å²) in [6.45, 7) is 0. The van der Waals surface area contributed by atoms with Crippen LogP contribution < -0.4 is 15.2 Å². The number of methoxy groups -OCH3 is 2. The van der Waals surface area contributed by atoms with E-state index in [0.717, 1.165) is 0 Å². The van der Waals surface area contributed by atoms with Gasteiger partial charge in [0, 0.05) is 0 Å². The number of nitrogens with zero attached hydrogens (tertiary/aromatic N) is 5. The Balaban J connectivity index is 2.47. The Morgan fingerprint density at radius 3 is 2.19 bits per heavy atom. The zero-order valence-corrected chi connectivity index (χ0v) is 8.78.